The molecule has 1 aliphatic rings. The first-order chi connectivity index (χ1) is 9.40. The Morgan fingerprint density at radius 1 is 1.32 bits per heavy atom. The van der Waals surface area contributed by atoms with Crippen molar-refractivity contribution in [1.82, 2.24) is 5.32 Å². The first-order valence-electron chi connectivity index (χ1n) is 6.94. The average molecular weight is 265 g/mol. The molecule has 0 amide bonds. The van der Waals surface area contributed by atoms with Crippen molar-refractivity contribution in [3.8, 4) is 0 Å². The summed E-state index contributed by atoms with van der Waals surface area (Å²) in [6.45, 7) is 6.39. The van der Waals surface area contributed by atoms with Gasteiger partial charge in [0.05, 0.1) is 19.3 Å². The van der Waals surface area contributed by atoms with Crippen LogP contribution in [0.5, 0.6) is 0 Å². The van der Waals surface area contributed by atoms with E-state index in [0.717, 1.165) is 32.7 Å². The first-order valence-corrected chi connectivity index (χ1v) is 6.94. The van der Waals surface area contributed by atoms with Gasteiger partial charge in [-0.2, -0.15) is 0 Å². The number of ether oxygens (including phenoxy) is 3. The van der Waals surface area contributed by atoms with Crippen LogP contribution in [0.4, 0.5) is 0 Å². The molecule has 0 saturated carbocycles. The van der Waals surface area contributed by atoms with E-state index >= 15 is 0 Å². The largest absolute Gasteiger partial charge is 0.377 e. The molecule has 1 aliphatic heterocycles. The molecular weight excluding hydrogens is 242 g/mol. The quantitative estimate of drug-likeness (QED) is 0.819. The number of nitrogens with one attached hydrogen (secondary N) is 1. The molecule has 1 saturated heterocycles. The van der Waals surface area contributed by atoms with E-state index in [-0.39, 0.29) is 6.10 Å². The normalized spacial score (nSPS) is 19.5. The van der Waals surface area contributed by atoms with Gasteiger partial charge in [-0.25, -0.2) is 0 Å². The van der Waals surface area contributed by atoms with Gasteiger partial charge in [-0.15, -0.1) is 0 Å². The third-order valence-corrected chi connectivity index (χ3v) is 3.24. The van der Waals surface area contributed by atoms with Gasteiger partial charge >= 0.3 is 0 Å². The molecule has 0 aromatic heterocycles. The molecule has 1 N–H and O–H groups in total. The highest BCUT2D eigenvalue weighted by atomic mass is 16.7. The lowest BCUT2D eigenvalue weighted by atomic mass is 10.1. The van der Waals surface area contributed by atoms with Crippen LogP contribution in [0.2, 0.25) is 0 Å². The van der Waals surface area contributed by atoms with Gasteiger partial charge < -0.3 is 19.5 Å². The van der Waals surface area contributed by atoms with Gasteiger partial charge in [-0.3, -0.25) is 0 Å². The summed E-state index contributed by atoms with van der Waals surface area (Å²) in [4.78, 5) is 0. The van der Waals surface area contributed by atoms with Crippen molar-refractivity contribution in [2.75, 3.05) is 26.6 Å². The minimum atomic E-state index is 0.271. The fraction of sp³-hybridized carbons (Fsp3) is 0.600. The molecule has 4 nitrogen and oxygen atoms in total. The van der Waals surface area contributed by atoms with E-state index in [0.29, 0.717) is 13.4 Å². The molecule has 0 aliphatic carbocycles. The Balaban J connectivity index is 1.77. The van der Waals surface area contributed by atoms with Crippen LogP contribution in [0.1, 0.15) is 24.5 Å². The summed E-state index contributed by atoms with van der Waals surface area (Å²) in [5.74, 6) is 0. The smallest absolute Gasteiger partial charge is 0.147 e. The molecule has 19 heavy (non-hydrogen) atoms. The molecule has 2 rings (SSSR count). The Hall–Kier alpha value is -0.940. The van der Waals surface area contributed by atoms with E-state index in [4.69, 9.17) is 14.2 Å². The summed E-state index contributed by atoms with van der Waals surface area (Å²) in [5, 5.41) is 3.45. The zero-order valence-corrected chi connectivity index (χ0v) is 11.6. The van der Waals surface area contributed by atoms with Crippen molar-refractivity contribution in [2.45, 2.75) is 32.6 Å². The van der Waals surface area contributed by atoms with Crippen LogP contribution >= 0.6 is 0 Å². The summed E-state index contributed by atoms with van der Waals surface area (Å²) in [6.07, 6.45) is 1.24. The van der Waals surface area contributed by atoms with E-state index < -0.39 is 0 Å². The predicted molar refractivity (Wildman–Crippen MR) is 73.8 cm³/mol. The zero-order chi connectivity index (χ0) is 13.3. The summed E-state index contributed by atoms with van der Waals surface area (Å²) < 4.78 is 16.2. The van der Waals surface area contributed by atoms with Gasteiger partial charge in [0.1, 0.15) is 6.79 Å². The number of rotatable bonds is 7. The molecule has 1 aromatic carbocycles. The Bertz CT molecular complexity index is 364. The zero-order valence-electron chi connectivity index (χ0n) is 11.6. The minimum absolute atomic E-state index is 0.271. The van der Waals surface area contributed by atoms with Gasteiger partial charge in [-0.1, -0.05) is 24.3 Å². The minimum Gasteiger partial charge on any atom is -0.377 e. The van der Waals surface area contributed by atoms with Crippen LogP contribution in [0, 0.1) is 0 Å². The Kier molecular flexibility index (Phi) is 6.30. The summed E-state index contributed by atoms with van der Waals surface area (Å²) in [6, 6.07) is 8.39. The van der Waals surface area contributed by atoms with Crippen LogP contribution in [-0.2, 0) is 27.4 Å². The Labute approximate surface area is 115 Å². The maximum atomic E-state index is 5.50. The highest BCUT2D eigenvalue weighted by Gasteiger charge is 2.13. The molecule has 1 aromatic rings. The van der Waals surface area contributed by atoms with Crippen LogP contribution in [0.25, 0.3) is 0 Å². The van der Waals surface area contributed by atoms with Crippen LogP contribution in [0.15, 0.2) is 24.3 Å². The fourth-order valence-corrected chi connectivity index (χ4v) is 2.11. The standard InChI is InChI=1S/C15H23NO3/c1-2-17-11-14-6-4-3-5-13(14)9-16-10-15-7-8-18-12-19-15/h3-6,15-16H,2,7-12H2,1H3. The van der Waals surface area contributed by atoms with Gasteiger partial charge in [0.2, 0.25) is 0 Å². The second kappa shape index (κ2) is 8.27. The molecule has 1 unspecified atom stereocenters. The molecular formula is C15H23NO3. The van der Waals surface area contributed by atoms with E-state index in [9.17, 15) is 0 Å². The molecule has 1 atom stereocenters. The lowest BCUT2D eigenvalue weighted by molar-refractivity contribution is -0.137. The van der Waals surface area contributed by atoms with Crippen LogP contribution < -0.4 is 5.32 Å². The second-order valence-electron chi connectivity index (χ2n) is 4.64. The van der Waals surface area contributed by atoms with Crippen molar-refractivity contribution >= 4 is 0 Å². The van der Waals surface area contributed by atoms with Crippen molar-refractivity contribution in [2.24, 2.45) is 0 Å². The van der Waals surface area contributed by atoms with Crippen LogP contribution in [-0.4, -0.2) is 32.7 Å². The van der Waals surface area contributed by atoms with Gasteiger partial charge in [0, 0.05) is 19.7 Å². The fourth-order valence-electron chi connectivity index (χ4n) is 2.11. The van der Waals surface area contributed by atoms with E-state index in [1.807, 2.05) is 6.92 Å². The van der Waals surface area contributed by atoms with Crippen molar-refractivity contribution in [1.29, 1.82) is 0 Å². The summed E-state index contributed by atoms with van der Waals surface area (Å²) >= 11 is 0. The van der Waals surface area contributed by atoms with E-state index in [2.05, 4.69) is 29.6 Å². The topological polar surface area (TPSA) is 39.7 Å². The van der Waals surface area contributed by atoms with Gasteiger partial charge in [0.15, 0.2) is 0 Å². The van der Waals surface area contributed by atoms with E-state index in [1.54, 1.807) is 0 Å². The highest BCUT2D eigenvalue weighted by Crippen LogP contribution is 2.10. The third-order valence-electron chi connectivity index (χ3n) is 3.24. The molecule has 1 heterocycles. The SMILES string of the molecule is CCOCc1ccccc1CNCC1CCOCO1. The Morgan fingerprint density at radius 2 is 2.16 bits per heavy atom. The lowest BCUT2D eigenvalue weighted by Crippen LogP contribution is -2.33. The second-order valence-corrected chi connectivity index (χ2v) is 4.64. The highest BCUT2D eigenvalue weighted by molar-refractivity contribution is 5.26. The average Bonchev–Trinajstić information content (AvgIpc) is 2.47. The predicted octanol–water partition coefficient (Wildman–Crippen LogP) is 2.08. The third kappa shape index (κ3) is 4.91. The Morgan fingerprint density at radius 3 is 2.89 bits per heavy atom. The van der Waals surface area contributed by atoms with Crippen LogP contribution in [0.3, 0.4) is 0 Å². The molecule has 4 heteroatoms. The van der Waals surface area contributed by atoms with Gasteiger partial charge in [-0.05, 0) is 24.5 Å². The number of hydrogen-bond donors (Lipinski definition) is 1. The maximum absolute atomic E-state index is 5.50. The number of benzene rings is 1. The van der Waals surface area contributed by atoms with Crippen molar-refractivity contribution in [3.05, 3.63) is 35.4 Å². The molecule has 106 valence electrons. The van der Waals surface area contributed by atoms with Crippen molar-refractivity contribution in [3.63, 3.8) is 0 Å². The number of hydrogen-bond acceptors (Lipinski definition) is 4. The first kappa shape index (κ1) is 14.5. The molecule has 0 radical (unpaired) electrons. The summed E-state index contributed by atoms with van der Waals surface area (Å²) in [7, 11) is 0. The molecule has 0 spiro atoms. The lowest BCUT2D eigenvalue weighted by Gasteiger charge is -2.23. The van der Waals surface area contributed by atoms with Crippen molar-refractivity contribution < 1.29 is 14.2 Å². The monoisotopic (exact) mass is 265 g/mol. The van der Waals surface area contributed by atoms with Gasteiger partial charge in [0.25, 0.3) is 0 Å². The summed E-state index contributed by atoms with van der Waals surface area (Å²) in [5.41, 5.74) is 2.55. The molecule has 0 bridgehead atoms. The molecule has 1 fully saturated rings. The van der Waals surface area contributed by atoms with E-state index in [1.165, 1.54) is 11.1 Å². The maximum Gasteiger partial charge on any atom is 0.147 e.